The largest absolute Gasteiger partial charge is 0.327 e. The van der Waals surface area contributed by atoms with Gasteiger partial charge in [0.05, 0.1) is 0 Å². The highest BCUT2D eigenvalue weighted by Crippen LogP contribution is 2.23. The molecule has 0 bridgehead atoms. The fourth-order valence-electron chi connectivity index (χ4n) is 0.946. The summed E-state index contributed by atoms with van der Waals surface area (Å²) >= 11 is 11.0. The Bertz CT molecular complexity index is 584. The van der Waals surface area contributed by atoms with Gasteiger partial charge in [-0.3, -0.25) is 14.8 Å². The second-order valence-electron chi connectivity index (χ2n) is 2.34. The summed E-state index contributed by atoms with van der Waals surface area (Å²) in [6.45, 7) is 0. The summed E-state index contributed by atoms with van der Waals surface area (Å²) in [6.07, 6.45) is 0. The Morgan fingerprint density at radius 1 is 1.15 bits per heavy atom. The van der Waals surface area contributed by atoms with Crippen LogP contribution in [0.2, 0.25) is 0 Å². The van der Waals surface area contributed by atoms with Crippen molar-refractivity contribution in [2.45, 2.75) is 4.58 Å². The molecule has 68 valence electrons. The van der Waals surface area contributed by atoms with Crippen molar-refractivity contribution in [1.29, 1.82) is 0 Å². The van der Waals surface area contributed by atoms with Crippen LogP contribution in [0.5, 0.6) is 0 Å². The van der Waals surface area contributed by atoms with Crippen LogP contribution in [0.25, 0.3) is 0 Å². The molecule has 1 aromatic heterocycles. The number of hydrogen-bond acceptors (Lipinski definition) is 4. The zero-order chi connectivity index (χ0) is 9.64. The standard InChI is InChI=1S/C5H2Cl2N4O2/c6-5(7)10-1-2(11-5)8-4(13)9-3(1)12/h(H2,8,9,11,12,13). The van der Waals surface area contributed by atoms with Gasteiger partial charge in [-0.2, -0.15) is 0 Å². The second-order valence-corrected chi connectivity index (χ2v) is 3.59. The summed E-state index contributed by atoms with van der Waals surface area (Å²) in [7, 11) is 0. The topological polar surface area (TPSA) is 90.4 Å². The number of nitrogens with one attached hydrogen (secondary N) is 2. The van der Waals surface area contributed by atoms with E-state index < -0.39 is 15.8 Å². The van der Waals surface area contributed by atoms with E-state index in [4.69, 9.17) is 23.2 Å². The smallest absolute Gasteiger partial charge is 0.290 e. The summed E-state index contributed by atoms with van der Waals surface area (Å²) in [5.74, 6) is 0. The first-order valence-corrected chi connectivity index (χ1v) is 3.94. The Morgan fingerprint density at radius 2 is 1.85 bits per heavy atom. The summed E-state index contributed by atoms with van der Waals surface area (Å²) < 4.78 is -1.71. The van der Waals surface area contributed by atoms with E-state index >= 15 is 0 Å². The van der Waals surface area contributed by atoms with Crippen molar-refractivity contribution in [1.82, 2.24) is 9.97 Å². The molecule has 2 rings (SSSR count). The minimum Gasteiger partial charge on any atom is -0.290 e. The van der Waals surface area contributed by atoms with Gasteiger partial charge in [0.1, 0.15) is 0 Å². The molecule has 0 radical (unpaired) electrons. The first-order chi connectivity index (χ1) is 5.98. The molecule has 6 nitrogen and oxygen atoms in total. The third-order valence-electron chi connectivity index (χ3n) is 1.39. The first kappa shape index (κ1) is 8.46. The molecule has 2 heterocycles. The van der Waals surface area contributed by atoms with Crippen LogP contribution in [0, 0.1) is 0 Å². The Morgan fingerprint density at radius 3 is 2.54 bits per heavy atom. The van der Waals surface area contributed by atoms with Gasteiger partial charge in [0.25, 0.3) is 5.56 Å². The summed E-state index contributed by atoms with van der Waals surface area (Å²) in [5.41, 5.74) is -1.34. The van der Waals surface area contributed by atoms with Crippen molar-refractivity contribution in [2.24, 2.45) is 9.98 Å². The van der Waals surface area contributed by atoms with Gasteiger partial charge in [-0.15, -0.1) is 0 Å². The number of aromatic amines is 2. The zero-order valence-electron chi connectivity index (χ0n) is 5.97. The summed E-state index contributed by atoms with van der Waals surface area (Å²) in [4.78, 5) is 33.2. The number of alkyl halides is 2. The molecule has 2 N–H and O–H groups in total. The number of halogens is 2. The molecule has 13 heavy (non-hydrogen) atoms. The van der Waals surface area contributed by atoms with Crippen LogP contribution in [0.1, 0.15) is 0 Å². The van der Waals surface area contributed by atoms with Crippen LogP contribution in [0.3, 0.4) is 0 Å². The molecule has 0 atom stereocenters. The predicted molar refractivity (Wildman–Crippen MR) is 44.4 cm³/mol. The molecule has 1 aliphatic rings. The van der Waals surface area contributed by atoms with Crippen molar-refractivity contribution < 1.29 is 0 Å². The van der Waals surface area contributed by atoms with Gasteiger partial charge in [0, 0.05) is 0 Å². The highest BCUT2D eigenvalue weighted by molar-refractivity contribution is 6.48. The molecule has 0 spiro atoms. The fraction of sp³-hybridized carbons (Fsp3) is 0.200. The Labute approximate surface area is 80.0 Å². The Balaban J connectivity index is 3.02. The molecular formula is C5H2Cl2N4O2. The number of hydrogen-bond donors (Lipinski definition) is 2. The van der Waals surface area contributed by atoms with Gasteiger partial charge < -0.3 is 0 Å². The molecular weight excluding hydrogens is 219 g/mol. The van der Waals surface area contributed by atoms with Crippen molar-refractivity contribution in [3.63, 3.8) is 0 Å². The first-order valence-electron chi connectivity index (χ1n) is 3.18. The van der Waals surface area contributed by atoms with Gasteiger partial charge in [-0.25, -0.2) is 14.8 Å². The molecule has 8 heteroatoms. The van der Waals surface area contributed by atoms with Crippen molar-refractivity contribution in [2.75, 3.05) is 0 Å². The van der Waals surface area contributed by atoms with E-state index in [2.05, 4.69) is 15.0 Å². The number of H-pyrrole nitrogens is 2. The van der Waals surface area contributed by atoms with E-state index in [0.29, 0.717) is 0 Å². The molecule has 0 unspecified atom stereocenters. The Kier molecular flexibility index (Phi) is 1.58. The van der Waals surface area contributed by atoms with E-state index in [1.807, 2.05) is 4.98 Å². The fourth-order valence-corrected chi connectivity index (χ4v) is 1.28. The molecule has 1 aliphatic heterocycles. The lowest BCUT2D eigenvalue weighted by atomic mass is 10.6. The molecule has 0 fully saturated rings. The minimum absolute atomic E-state index is 0.00116. The summed E-state index contributed by atoms with van der Waals surface area (Å²) in [6, 6.07) is 0. The van der Waals surface area contributed by atoms with E-state index in [1.165, 1.54) is 0 Å². The maximum atomic E-state index is 11.1. The maximum Gasteiger partial charge on any atom is 0.327 e. The lowest BCUT2D eigenvalue weighted by Gasteiger charge is -1.99. The number of aromatic nitrogens is 2. The van der Waals surface area contributed by atoms with E-state index in [-0.39, 0.29) is 10.8 Å². The highest BCUT2D eigenvalue weighted by atomic mass is 35.5. The van der Waals surface area contributed by atoms with Crippen molar-refractivity contribution >= 4 is 23.2 Å². The monoisotopic (exact) mass is 220 g/mol. The quantitative estimate of drug-likeness (QED) is 0.408. The van der Waals surface area contributed by atoms with Gasteiger partial charge >= 0.3 is 10.3 Å². The third kappa shape index (κ3) is 1.38. The molecule has 0 aromatic carbocycles. The SMILES string of the molecule is O=c1[nH]c(=O)c2c([nH]1)=NC(Cl)(Cl)N=2. The average Bonchev–Trinajstić information content (AvgIpc) is 2.23. The van der Waals surface area contributed by atoms with Crippen LogP contribution in [-0.2, 0) is 0 Å². The number of fused-ring (bicyclic) bond motifs is 1. The van der Waals surface area contributed by atoms with Gasteiger partial charge in [-0.05, 0) is 0 Å². The second kappa shape index (κ2) is 2.43. The van der Waals surface area contributed by atoms with E-state index in [9.17, 15) is 9.59 Å². The van der Waals surface area contributed by atoms with E-state index in [0.717, 1.165) is 0 Å². The van der Waals surface area contributed by atoms with Crippen LogP contribution < -0.4 is 22.1 Å². The lowest BCUT2D eigenvalue weighted by Crippen LogP contribution is -2.46. The van der Waals surface area contributed by atoms with E-state index in [1.54, 1.807) is 0 Å². The van der Waals surface area contributed by atoms with Crippen LogP contribution >= 0.6 is 23.2 Å². The Hall–Kier alpha value is -1.14. The maximum absolute atomic E-state index is 11.1. The average molecular weight is 221 g/mol. The predicted octanol–water partition coefficient (Wildman–Crippen LogP) is -1.60. The molecule has 1 aromatic rings. The molecule has 0 aliphatic carbocycles. The van der Waals surface area contributed by atoms with Gasteiger partial charge in [-0.1, -0.05) is 23.2 Å². The van der Waals surface area contributed by atoms with Gasteiger partial charge in [0.2, 0.25) is 0 Å². The van der Waals surface area contributed by atoms with Crippen molar-refractivity contribution in [3.8, 4) is 0 Å². The van der Waals surface area contributed by atoms with Crippen LogP contribution in [0.15, 0.2) is 19.6 Å². The molecule has 0 saturated carbocycles. The number of rotatable bonds is 0. The zero-order valence-corrected chi connectivity index (χ0v) is 7.48. The van der Waals surface area contributed by atoms with Crippen LogP contribution in [-0.4, -0.2) is 14.5 Å². The molecule has 0 saturated heterocycles. The normalized spacial score (nSPS) is 17.4. The van der Waals surface area contributed by atoms with Crippen LogP contribution in [0.4, 0.5) is 0 Å². The highest BCUT2D eigenvalue weighted by Gasteiger charge is 2.26. The third-order valence-corrected chi connectivity index (χ3v) is 1.73. The van der Waals surface area contributed by atoms with Gasteiger partial charge in [0.15, 0.2) is 10.8 Å². The minimum atomic E-state index is -1.71. The lowest BCUT2D eigenvalue weighted by molar-refractivity contribution is 0.867. The van der Waals surface area contributed by atoms with Crippen molar-refractivity contribution in [3.05, 3.63) is 31.7 Å². The summed E-state index contributed by atoms with van der Waals surface area (Å²) in [5, 5.41) is -0.0652. The molecule has 0 amide bonds. The number of nitrogens with zero attached hydrogens (tertiary/aromatic N) is 2.